The molecule has 1 aliphatic rings. The van der Waals surface area contributed by atoms with Gasteiger partial charge in [-0.2, -0.15) is 0 Å². The summed E-state index contributed by atoms with van der Waals surface area (Å²) < 4.78 is 42.7. The molecule has 0 amide bonds. The molecule has 0 aromatic heterocycles. The Morgan fingerprint density at radius 1 is 0.808 bits per heavy atom. The first-order chi connectivity index (χ1) is 12.5. The smallest absolute Gasteiger partial charge is 0.162 e. The van der Waals surface area contributed by atoms with Gasteiger partial charge >= 0.3 is 0 Å². The lowest BCUT2D eigenvalue weighted by Gasteiger charge is -2.29. The summed E-state index contributed by atoms with van der Waals surface area (Å²) in [6.07, 6.45) is 5.57. The zero-order valence-electron chi connectivity index (χ0n) is 15.6. The third-order valence-electron chi connectivity index (χ3n) is 5.81. The van der Waals surface area contributed by atoms with E-state index in [1.54, 1.807) is 18.2 Å². The summed E-state index contributed by atoms with van der Waals surface area (Å²) >= 11 is 0. The van der Waals surface area contributed by atoms with E-state index >= 15 is 0 Å². The lowest BCUT2D eigenvalue weighted by Crippen LogP contribution is -2.14. The summed E-state index contributed by atoms with van der Waals surface area (Å²) in [7, 11) is 0. The maximum absolute atomic E-state index is 14.4. The molecule has 2 aromatic rings. The fourth-order valence-electron chi connectivity index (χ4n) is 4.22. The number of halogens is 3. The van der Waals surface area contributed by atoms with Crippen molar-refractivity contribution in [2.75, 3.05) is 0 Å². The first-order valence-electron chi connectivity index (χ1n) is 9.80. The van der Waals surface area contributed by atoms with E-state index in [2.05, 4.69) is 0 Å². The van der Waals surface area contributed by atoms with Crippen molar-refractivity contribution in [1.29, 1.82) is 0 Å². The maximum atomic E-state index is 14.4. The predicted octanol–water partition coefficient (Wildman–Crippen LogP) is 7.06. The second-order valence-corrected chi connectivity index (χ2v) is 7.44. The third-order valence-corrected chi connectivity index (χ3v) is 5.81. The molecule has 1 fully saturated rings. The number of rotatable bonds is 5. The Morgan fingerprint density at radius 3 is 2.08 bits per heavy atom. The lowest BCUT2D eigenvalue weighted by molar-refractivity contribution is 0.380. The molecule has 1 saturated carbocycles. The molecule has 0 radical (unpaired) electrons. The quantitative estimate of drug-likeness (QED) is 0.535. The van der Waals surface area contributed by atoms with Crippen LogP contribution in [0.5, 0.6) is 0 Å². The highest BCUT2D eigenvalue weighted by molar-refractivity contribution is 5.31. The Bertz CT molecular complexity index is 758. The van der Waals surface area contributed by atoms with Crippen LogP contribution in [-0.4, -0.2) is 0 Å². The zero-order valence-corrected chi connectivity index (χ0v) is 15.6. The van der Waals surface area contributed by atoms with Crippen LogP contribution in [0.1, 0.15) is 80.0 Å². The first kappa shape index (κ1) is 19.0. The number of hydrogen-bond donors (Lipinski definition) is 0. The molecule has 0 nitrogen and oxygen atoms in total. The largest absolute Gasteiger partial charge is 0.207 e. The van der Waals surface area contributed by atoms with Crippen LogP contribution in [0.15, 0.2) is 30.3 Å². The molecule has 26 heavy (non-hydrogen) atoms. The minimum absolute atomic E-state index is 0.0517. The highest BCUT2D eigenvalue weighted by Crippen LogP contribution is 2.42. The van der Waals surface area contributed by atoms with Gasteiger partial charge in [-0.25, -0.2) is 13.2 Å². The topological polar surface area (TPSA) is 0 Å². The molecule has 0 aliphatic heterocycles. The van der Waals surface area contributed by atoms with Crippen LogP contribution in [-0.2, 0) is 12.8 Å². The van der Waals surface area contributed by atoms with Crippen molar-refractivity contribution in [2.24, 2.45) is 0 Å². The zero-order chi connectivity index (χ0) is 18.7. The highest BCUT2D eigenvalue weighted by atomic mass is 19.2. The van der Waals surface area contributed by atoms with Gasteiger partial charge in [0.15, 0.2) is 11.6 Å². The van der Waals surface area contributed by atoms with E-state index in [1.807, 2.05) is 26.0 Å². The van der Waals surface area contributed by atoms with E-state index in [0.717, 1.165) is 49.7 Å². The van der Waals surface area contributed by atoms with Crippen LogP contribution >= 0.6 is 0 Å². The second kappa shape index (κ2) is 8.28. The summed E-state index contributed by atoms with van der Waals surface area (Å²) in [5.41, 5.74) is 2.75. The van der Waals surface area contributed by atoms with Crippen molar-refractivity contribution in [3.05, 3.63) is 70.0 Å². The third kappa shape index (κ3) is 3.82. The van der Waals surface area contributed by atoms with E-state index in [-0.39, 0.29) is 11.7 Å². The summed E-state index contributed by atoms with van der Waals surface area (Å²) in [6.45, 7) is 3.87. The molecule has 0 saturated heterocycles. The average Bonchev–Trinajstić information content (AvgIpc) is 2.66. The van der Waals surface area contributed by atoms with Gasteiger partial charge in [0, 0.05) is 0 Å². The monoisotopic (exact) mass is 360 g/mol. The molecule has 140 valence electrons. The predicted molar refractivity (Wildman–Crippen MR) is 100 cm³/mol. The van der Waals surface area contributed by atoms with Gasteiger partial charge in [-0.3, -0.25) is 0 Å². The molecule has 0 spiro atoms. The van der Waals surface area contributed by atoms with Gasteiger partial charge in [0.05, 0.1) is 0 Å². The summed E-state index contributed by atoms with van der Waals surface area (Å²) in [6, 6.07) is 9.07. The molecule has 3 heteroatoms. The normalized spacial score (nSPS) is 20.3. The van der Waals surface area contributed by atoms with Gasteiger partial charge in [0.1, 0.15) is 5.82 Å². The van der Waals surface area contributed by atoms with Crippen molar-refractivity contribution in [3.8, 4) is 0 Å². The van der Waals surface area contributed by atoms with Crippen molar-refractivity contribution in [3.63, 3.8) is 0 Å². The van der Waals surface area contributed by atoms with Crippen LogP contribution in [0.3, 0.4) is 0 Å². The summed E-state index contributed by atoms with van der Waals surface area (Å²) in [4.78, 5) is 0. The highest BCUT2D eigenvalue weighted by Gasteiger charge is 2.27. The molecule has 1 aliphatic carbocycles. The fraction of sp³-hybridized carbons (Fsp3) is 0.478. The van der Waals surface area contributed by atoms with Gasteiger partial charge in [0.2, 0.25) is 0 Å². The molecule has 0 unspecified atom stereocenters. The SMILES string of the molecule is CCCc1ccc(C2CCC(c3ccc(CC)c(F)c3F)CC2)cc1F. The molecule has 0 atom stereocenters. The average molecular weight is 360 g/mol. The Morgan fingerprint density at radius 2 is 1.46 bits per heavy atom. The van der Waals surface area contributed by atoms with Crippen LogP contribution < -0.4 is 0 Å². The van der Waals surface area contributed by atoms with Gasteiger partial charge in [-0.1, -0.05) is 44.5 Å². The van der Waals surface area contributed by atoms with Crippen molar-refractivity contribution in [1.82, 2.24) is 0 Å². The molecule has 0 N–H and O–H groups in total. The van der Waals surface area contributed by atoms with Gasteiger partial charge in [0.25, 0.3) is 0 Å². The van der Waals surface area contributed by atoms with Crippen LogP contribution in [0, 0.1) is 17.5 Å². The van der Waals surface area contributed by atoms with Crippen molar-refractivity contribution < 1.29 is 13.2 Å². The van der Waals surface area contributed by atoms with E-state index in [1.165, 1.54) is 0 Å². The Balaban J connectivity index is 1.70. The second-order valence-electron chi connectivity index (χ2n) is 7.44. The maximum Gasteiger partial charge on any atom is 0.162 e. The van der Waals surface area contributed by atoms with E-state index in [9.17, 15) is 13.2 Å². The van der Waals surface area contributed by atoms with E-state index < -0.39 is 11.6 Å². The van der Waals surface area contributed by atoms with Crippen molar-refractivity contribution in [2.45, 2.75) is 70.6 Å². The number of benzene rings is 2. The van der Waals surface area contributed by atoms with Crippen LogP contribution in [0.2, 0.25) is 0 Å². The summed E-state index contributed by atoms with van der Waals surface area (Å²) in [5, 5.41) is 0. The molecule has 0 bridgehead atoms. The van der Waals surface area contributed by atoms with Crippen molar-refractivity contribution >= 4 is 0 Å². The van der Waals surface area contributed by atoms with Gasteiger partial charge in [-0.15, -0.1) is 0 Å². The first-order valence-corrected chi connectivity index (χ1v) is 9.80. The molecule has 2 aromatic carbocycles. The lowest BCUT2D eigenvalue weighted by atomic mass is 9.75. The van der Waals surface area contributed by atoms with E-state index in [0.29, 0.717) is 23.5 Å². The minimum atomic E-state index is -0.694. The molecule has 3 rings (SSSR count). The minimum Gasteiger partial charge on any atom is -0.207 e. The van der Waals surface area contributed by atoms with Crippen LogP contribution in [0.4, 0.5) is 13.2 Å². The van der Waals surface area contributed by atoms with Gasteiger partial charge in [-0.05, 0) is 78.7 Å². The number of aryl methyl sites for hydroxylation is 2. The number of hydrogen-bond acceptors (Lipinski definition) is 0. The van der Waals surface area contributed by atoms with E-state index in [4.69, 9.17) is 0 Å². The Labute approximate surface area is 154 Å². The standard InChI is InChI=1S/C23H27F3/c1-3-5-18-10-11-19(14-21(18)24)16-6-8-17(9-7-16)20-13-12-15(4-2)22(25)23(20)26/h10-14,16-17H,3-9H2,1-2H3. The van der Waals surface area contributed by atoms with Crippen LogP contribution in [0.25, 0.3) is 0 Å². The molecular weight excluding hydrogens is 333 g/mol. The Hall–Kier alpha value is -1.77. The van der Waals surface area contributed by atoms with Gasteiger partial charge < -0.3 is 0 Å². The summed E-state index contributed by atoms with van der Waals surface area (Å²) in [5.74, 6) is -1.13. The molecular formula is C23H27F3. The molecule has 0 heterocycles. The fourth-order valence-corrected chi connectivity index (χ4v) is 4.22. The Kier molecular flexibility index (Phi) is 6.05.